The average molecular weight is 283 g/mol. The van der Waals surface area contributed by atoms with Gasteiger partial charge in [-0.3, -0.25) is 9.80 Å². The minimum absolute atomic E-state index is 0.431. The molecule has 2 aliphatic rings. The van der Waals surface area contributed by atoms with Gasteiger partial charge in [0.2, 0.25) is 0 Å². The normalized spacial score (nSPS) is 26.2. The third kappa shape index (κ3) is 4.99. The molecule has 0 amide bonds. The van der Waals surface area contributed by atoms with Gasteiger partial charge in [-0.25, -0.2) is 0 Å². The quantitative estimate of drug-likeness (QED) is 0.771. The van der Waals surface area contributed by atoms with Crippen LogP contribution in [-0.2, 0) is 0 Å². The van der Waals surface area contributed by atoms with Crippen LogP contribution in [0.2, 0.25) is 0 Å². The molecule has 1 atom stereocenters. The lowest BCUT2D eigenvalue weighted by molar-refractivity contribution is -0.00136. The molecule has 118 valence electrons. The van der Waals surface area contributed by atoms with Gasteiger partial charge in [-0.1, -0.05) is 26.7 Å². The molecule has 0 aromatic heterocycles. The van der Waals surface area contributed by atoms with Crippen molar-refractivity contribution < 1.29 is 5.11 Å². The zero-order valence-electron chi connectivity index (χ0n) is 13.6. The van der Waals surface area contributed by atoms with Gasteiger partial charge in [0.1, 0.15) is 0 Å². The van der Waals surface area contributed by atoms with E-state index in [1.807, 2.05) is 6.92 Å². The third-order valence-electron chi connectivity index (χ3n) is 4.70. The van der Waals surface area contributed by atoms with Crippen LogP contribution in [-0.4, -0.2) is 71.9 Å². The van der Waals surface area contributed by atoms with Gasteiger partial charge in [-0.15, -0.1) is 0 Å². The summed E-state index contributed by atoms with van der Waals surface area (Å²) in [5.41, 5.74) is -0.625. The van der Waals surface area contributed by atoms with E-state index in [2.05, 4.69) is 29.0 Å². The Bertz CT molecular complexity index is 279. The van der Waals surface area contributed by atoms with Crippen molar-refractivity contribution in [2.45, 2.75) is 64.1 Å². The summed E-state index contributed by atoms with van der Waals surface area (Å²) in [6.07, 6.45) is 5.63. The zero-order chi connectivity index (χ0) is 14.6. The standard InChI is InChI=1S/C16H33N3O/c1-14(2)17-12-16(3,20)13-18-8-10-19(11-9-18)15-6-4-5-7-15/h14-15,17,20H,4-13H2,1-3H3. The van der Waals surface area contributed by atoms with E-state index < -0.39 is 5.60 Å². The Kier molecular flexibility index (Phi) is 5.84. The predicted molar refractivity (Wildman–Crippen MR) is 84.0 cm³/mol. The first-order valence-electron chi connectivity index (χ1n) is 8.38. The molecule has 1 aliphatic carbocycles. The van der Waals surface area contributed by atoms with Gasteiger partial charge in [0.25, 0.3) is 0 Å². The first-order valence-corrected chi connectivity index (χ1v) is 8.38. The number of aliphatic hydroxyl groups is 1. The summed E-state index contributed by atoms with van der Waals surface area (Å²) >= 11 is 0. The third-order valence-corrected chi connectivity index (χ3v) is 4.70. The number of nitrogens with zero attached hydrogens (tertiary/aromatic N) is 2. The highest BCUT2D eigenvalue weighted by molar-refractivity contribution is 4.86. The number of piperazine rings is 1. The van der Waals surface area contributed by atoms with Crippen molar-refractivity contribution in [3.8, 4) is 0 Å². The van der Waals surface area contributed by atoms with Crippen molar-refractivity contribution in [3.05, 3.63) is 0 Å². The SMILES string of the molecule is CC(C)NCC(C)(O)CN1CCN(C2CCCC2)CC1. The molecule has 4 nitrogen and oxygen atoms in total. The number of hydrogen-bond acceptors (Lipinski definition) is 4. The van der Waals surface area contributed by atoms with Gasteiger partial charge < -0.3 is 10.4 Å². The van der Waals surface area contributed by atoms with E-state index >= 15 is 0 Å². The van der Waals surface area contributed by atoms with Crippen molar-refractivity contribution in [2.75, 3.05) is 39.3 Å². The smallest absolute Gasteiger partial charge is 0.0869 e. The monoisotopic (exact) mass is 283 g/mol. The molecule has 2 fully saturated rings. The summed E-state index contributed by atoms with van der Waals surface area (Å²) in [4.78, 5) is 5.10. The fourth-order valence-electron chi connectivity index (χ4n) is 3.52. The molecule has 20 heavy (non-hydrogen) atoms. The first kappa shape index (κ1) is 16.2. The second-order valence-corrected chi connectivity index (χ2v) is 7.28. The van der Waals surface area contributed by atoms with Crippen LogP contribution < -0.4 is 5.32 Å². The second kappa shape index (κ2) is 7.21. The summed E-state index contributed by atoms with van der Waals surface area (Å²) in [5.74, 6) is 0. The van der Waals surface area contributed by atoms with Crippen molar-refractivity contribution in [2.24, 2.45) is 0 Å². The van der Waals surface area contributed by atoms with E-state index in [0.29, 0.717) is 12.6 Å². The molecule has 1 heterocycles. The molecule has 1 unspecified atom stereocenters. The molecule has 1 aliphatic heterocycles. The Morgan fingerprint density at radius 3 is 2.30 bits per heavy atom. The maximum absolute atomic E-state index is 10.5. The Balaban J connectivity index is 1.70. The van der Waals surface area contributed by atoms with Crippen LogP contribution in [0.3, 0.4) is 0 Å². The molecule has 2 rings (SSSR count). The van der Waals surface area contributed by atoms with Crippen molar-refractivity contribution in [1.29, 1.82) is 0 Å². The second-order valence-electron chi connectivity index (χ2n) is 7.28. The van der Waals surface area contributed by atoms with Crippen LogP contribution in [0.5, 0.6) is 0 Å². The summed E-state index contributed by atoms with van der Waals surface area (Å²) in [6, 6.07) is 1.28. The summed E-state index contributed by atoms with van der Waals surface area (Å²) in [7, 11) is 0. The van der Waals surface area contributed by atoms with Crippen LogP contribution in [0.1, 0.15) is 46.5 Å². The van der Waals surface area contributed by atoms with E-state index in [9.17, 15) is 5.11 Å². The van der Waals surface area contributed by atoms with Gasteiger partial charge >= 0.3 is 0 Å². The highest BCUT2D eigenvalue weighted by Crippen LogP contribution is 2.24. The lowest BCUT2D eigenvalue weighted by Gasteiger charge is -2.40. The molecule has 0 radical (unpaired) electrons. The predicted octanol–water partition coefficient (Wildman–Crippen LogP) is 1.30. The Labute approximate surface area is 124 Å². The van der Waals surface area contributed by atoms with Crippen molar-refractivity contribution in [3.63, 3.8) is 0 Å². The van der Waals surface area contributed by atoms with Crippen molar-refractivity contribution in [1.82, 2.24) is 15.1 Å². The fourth-order valence-corrected chi connectivity index (χ4v) is 3.52. The summed E-state index contributed by atoms with van der Waals surface area (Å²) < 4.78 is 0. The number of nitrogens with one attached hydrogen (secondary N) is 1. The Morgan fingerprint density at radius 1 is 1.15 bits per heavy atom. The molecule has 0 spiro atoms. The van der Waals surface area contributed by atoms with Gasteiger partial charge in [0, 0.05) is 51.4 Å². The van der Waals surface area contributed by atoms with E-state index in [1.54, 1.807) is 0 Å². The number of rotatable bonds is 6. The van der Waals surface area contributed by atoms with Crippen LogP contribution >= 0.6 is 0 Å². The summed E-state index contributed by atoms with van der Waals surface area (Å²) in [5, 5.41) is 13.8. The maximum Gasteiger partial charge on any atom is 0.0869 e. The lowest BCUT2D eigenvalue weighted by Crippen LogP contribution is -2.55. The van der Waals surface area contributed by atoms with Crippen LogP contribution in [0.4, 0.5) is 0 Å². The molecular formula is C16H33N3O. The van der Waals surface area contributed by atoms with Crippen LogP contribution in [0.25, 0.3) is 0 Å². The van der Waals surface area contributed by atoms with E-state index in [-0.39, 0.29) is 0 Å². The van der Waals surface area contributed by atoms with Crippen LogP contribution in [0.15, 0.2) is 0 Å². The molecule has 1 saturated heterocycles. The largest absolute Gasteiger partial charge is 0.388 e. The van der Waals surface area contributed by atoms with Gasteiger partial charge in [0.15, 0.2) is 0 Å². The average Bonchev–Trinajstić information content (AvgIpc) is 2.91. The first-order chi connectivity index (χ1) is 9.46. The molecule has 1 saturated carbocycles. The fraction of sp³-hybridized carbons (Fsp3) is 1.00. The van der Waals surface area contributed by atoms with E-state index in [0.717, 1.165) is 25.7 Å². The van der Waals surface area contributed by atoms with Gasteiger partial charge in [0.05, 0.1) is 5.60 Å². The minimum atomic E-state index is -0.625. The lowest BCUT2D eigenvalue weighted by atomic mass is 10.1. The topological polar surface area (TPSA) is 38.7 Å². The minimum Gasteiger partial charge on any atom is -0.388 e. The van der Waals surface area contributed by atoms with Crippen LogP contribution in [0, 0.1) is 0 Å². The highest BCUT2D eigenvalue weighted by atomic mass is 16.3. The van der Waals surface area contributed by atoms with E-state index in [1.165, 1.54) is 38.8 Å². The number of β-amino-alcohol motifs (C(OH)–C–C–N with tert-alkyl or cyclic N) is 1. The Hall–Kier alpha value is -0.160. The molecule has 4 heteroatoms. The number of hydrogen-bond donors (Lipinski definition) is 2. The van der Waals surface area contributed by atoms with E-state index in [4.69, 9.17) is 0 Å². The molecule has 0 bridgehead atoms. The van der Waals surface area contributed by atoms with Gasteiger partial charge in [-0.2, -0.15) is 0 Å². The van der Waals surface area contributed by atoms with Crippen molar-refractivity contribution >= 4 is 0 Å². The summed E-state index contributed by atoms with van der Waals surface area (Å²) in [6.45, 7) is 12.2. The maximum atomic E-state index is 10.5. The molecular weight excluding hydrogens is 250 g/mol. The van der Waals surface area contributed by atoms with Gasteiger partial charge in [-0.05, 0) is 19.8 Å². The molecule has 2 N–H and O–H groups in total. The molecule has 0 aromatic rings. The molecule has 0 aromatic carbocycles. The zero-order valence-corrected chi connectivity index (χ0v) is 13.6. The highest BCUT2D eigenvalue weighted by Gasteiger charge is 2.29. The Morgan fingerprint density at radius 2 is 1.75 bits per heavy atom.